The minimum atomic E-state index is -0.162. The van der Waals surface area contributed by atoms with Crippen molar-refractivity contribution in [2.45, 2.75) is 84.0 Å². The van der Waals surface area contributed by atoms with Crippen LogP contribution >= 0.6 is 0 Å². The highest BCUT2D eigenvalue weighted by Crippen LogP contribution is 2.44. The minimum absolute atomic E-state index is 0.0721. The van der Waals surface area contributed by atoms with E-state index in [4.69, 9.17) is 9.47 Å². The van der Waals surface area contributed by atoms with Gasteiger partial charge in [-0.05, 0) is 77.9 Å². The third kappa shape index (κ3) is 3.60. The van der Waals surface area contributed by atoms with Crippen LogP contribution in [0.3, 0.4) is 0 Å². The van der Waals surface area contributed by atoms with Crippen molar-refractivity contribution >= 4 is 5.97 Å². The van der Waals surface area contributed by atoms with Crippen molar-refractivity contribution in [1.82, 2.24) is 0 Å². The molecule has 126 valence electrons. The highest BCUT2D eigenvalue weighted by Gasteiger charge is 2.50. The first-order valence-electron chi connectivity index (χ1n) is 8.80. The third-order valence-corrected chi connectivity index (χ3v) is 5.56. The van der Waals surface area contributed by atoms with Gasteiger partial charge < -0.3 is 9.47 Å². The molecule has 3 unspecified atom stereocenters. The van der Waals surface area contributed by atoms with Crippen LogP contribution < -0.4 is 0 Å². The van der Waals surface area contributed by atoms with Crippen LogP contribution in [0.25, 0.3) is 0 Å². The minimum Gasteiger partial charge on any atom is -0.450 e. The second-order valence-electron chi connectivity index (χ2n) is 7.54. The van der Waals surface area contributed by atoms with Crippen molar-refractivity contribution < 1.29 is 14.3 Å². The van der Waals surface area contributed by atoms with Crippen molar-refractivity contribution in [3.05, 3.63) is 34.4 Å². The lowest BCUT2D eigenvalue weighted by Gasteiger charge is -2.13. The fraction of sp³-hybridized carbons (Fsp3) is 0.650. The van der Waals surface area contributed by atoms with Crippen LogP contribution in [0.1, 0.15) is 66.2 Å². The van der Waals surface area contributed by atoms with Gasteiger partial charge in [0.2, 0.25) is 0 Å². The molecule has 3 atom stereocenters. The molecule has 1 aliphatic carbocycles. The molecule has 1 saturated heterocycles. The molecule has 0 bridgehead atoms. The standard InChI is InChI=1S/C20H28O3/c1-13-6-5-11-20(4)18(23-20)10-8-14(2)12-17-16(9-7-13)15(3)19(21)22-17/h6,12,17-18H,5,7-11H2,1-4H3/b13-6+,14-12+. The number of hydrogen-bond donors (Lipinski definition) is 0. The van der Waals surface area contributed by atoms with Crippen LogP contribution in [-0.2, 0) is 14.3 Å². The van der Waals surface area contributed by atoms with E-state index in [-0.39, 0.29) is 17.7 Å². The molecule has 0 spiro atoms. The molecule has 0 radical (unpaired) electrons. The largest absolute Gasteiger partial charge is 0.450 e. The van der Waals surface area contributed by atoms with E-state index in [1.807, 2.05) is 6.92 Å². The maximum atomic E-state index is 11.9. The fourth-order valence-electron chi connectivity index (χ4n) is 3.70. The van der Waals surface area contributed by atoms with Gasteiger partial charge in [0.15, 0.2) is 0 Å². The molecule has 3 heteroatoms. The number of carbonyl (C=O) groups excluding carboxylic acids is 1. The predicted molar refractivity (Wildman–Crippen MR) is 91.1 cm³/mol. The molecule has 0 saturated carbocycles. The monoisotopic (exact) mass is 316 g/mol. The quantitative estimate of drug-likeness (QED) is 0.371. The number of allylic oxidation sites excluding steroid dienone is 3. The van der Waals surface area contributed by atoms with Gasteiger partial charge in [0.1, 0.15) is 6.10 Å². The normalized spacial score (nSPS) is 40.1. The lowest BCUT2D eigenvalue weighted by molar-refractivity contribution is -0.138. The van der Waals surface area contributed by atoms with E-state index in [1.165, 1.54) is 11.1 Å². The van der Waals surface area contributed by atoms with Crippen molar-refractivity contribution in [2.24, 2.45) is 0 Å². The lowest BCUT2D eigenvalue weighted by atomic mass is 9.93. The summed E-state index contributed by atoms with van der Waals surface area (Å²) in [6.45, 7) is 8.44. The van der Waals surface area contributed by atoms with Crippen molar-refractivity contribution in [1.29, 1.82) is 0 Å². The SMILES string of the molecule is CC1=C2CC/C(C)=C/CCC3(C)OC3CC/C(C)=C/C2OC1=O. The molecule has 1 fully saturated rings. The summed E-state index contributed by atoms with van der Waals surface area (Å²) in [5.74, 6) is -0.155. The summed E-state index contributed by atoms with van der Waals surface area (Å²) in [7, 11) is 0. The Labute approximate surface area is 139 Å². The molecule has 0 aromatic carbocycles. The van der Waals surface area contributed by atoms with Crippen LogP contribution in [0, 0.1) is 0 Å². The zero-order chi connectivity index (χ0) is 16.6. The van der Waals surface area contributed by atoms with E-state index in [2.05, 4.69) is 32.9 Å². The van der Waals surface area contributed by atoms with Gasteiger partial charge in [-0.25, -0.2) is 4.79 Å². The lowest BCUT2D eigenvalue weighted by Crippen LogP contribution is -2.11. The number of epoxide rings is 1. The average molecular weight is 316 g/mol. The zero-order valence-corrected chi connectivity index (χ0v) is 14.8. The average Bonchev–Trinajstić information content (AvgIpc) is 3.06. The maximum absolute atomic E-state index is 11.9. The summed E-state index contributed by atoms with van der Waals surface area (Å²) in [5, 5.41) is 0. The van der Waals surface area contributed by atoms with E-state index in [0.29, 0.717) is 6.10 Å². The van der Waals surface area contributed by atoms with Gasteiger partial charge in [-0.3, -0.25) is 0 Å². The van der Waals surface area contributed by atoms with Crippen LogP contribution in [-0.4, -0.2) is 23.8 Å². The molecule has 3 aliphatic rings. The van der Waals surface area contributed by atoms with E-state index in [9.17, 15) is 4.79 Å². The summed E-state index contributed by atoms with van der Waals surface area (Å²) >= 11 is 0. The summed E-state index contributed by atoms with van der Waals surface area (Å²) in [4.78, 5) is 11.9. The summed E-state index contributed by atoms with van der Waals surface area (Å²) in [5.41, 5.74) is 4.71. The molecular weight excluding hydrogens is 288 g/mol. The van der Waals surface area contributed by atoms with Gasteiger partial charge in [0.25, 0.3) is 0 Å². The highest BCUT2D eigenvalue weighted by atomic mass is 16.6. The molecule has 23 heavy (non-hydrogen) atoms. The van der Waals surface area contributed by atoms with Crippen LogP contribution in [0.2, 0.25) is 0 Å². The van der Waals surface area contributed by atoms with Crippen LogP contribution in [0.4, 0.5) is 0 Å². The van der Waals surface area contributed by atoms with Gasteiger partial charge >= 0.3 is 5.97 Å². The second-order valence-corrected chi connectivity index (χ2v) is 7.54. The van der Waals surface area contributed by atoms with Crippen molar-refractivity contribution in [2.75, 3.05) is 0 Å². The molecule has 0 aromatic rings. The van der Waals surface area contributed by atoms with Crippen molar-refractivity contribution in [3.63, 3.8) is 0 Å². The Morgan fingerprint density at radius 1 is 1.13 bits per heavy atom. The first-order valence-corrected chi connectivity index (χ1v) is 8.80. The Morgan fingerprint density at radius 3 is 2.70 bits per heavy atom. The Kier molecular flexibility index (Phi) is 4.50. The number of esters is 1. The molecule has 3 nitrogen and oxygen atoms in total. The maximum Gasteiger partial charge on any atom is 0.334 e. The van der Waals surface area contributed by atoms with Gasteiger partial charge in [0, 0.05) is 5.57 Å². The Morgan fingerprint density at radius 2 is 1.91 bits per heavy atom. The zero-order valence-electron chi connectivity index (χ0n) is 14.8. The number of carbonyl (C=O) groups is 1. The van der Waals surface area contributed by atoms with E-state index in [1.54, 1.807) is 0 Å². The number of hydrogen-bond acceptors (Lipinski definition) is 3. The Bertz CT molecular complexity index is 596. The van der Waals surface area contributed by atoms with Crippen molar-refractivity contribution in [3.8, 4) is 0 Å². The number of fused-ring (bicyclic) bond motifs is 2. The third-order valence-electron chi connectivity index (χ3n) is 5.56. The van der Waals surface area contributed by atoms with E-state index < -0.39 is 0 Å². The molecular formula is C20H28O3. The first-order chi connectivity index (χ1) is 10.9. The van der Waals surface area contributed by atoms with Crippen LogP contribution in [0.5, 0.6) is 0 Å². The van der Waals surface area contributed by atoms with Gasteiger partial charge in [0.05, 0.1) is 11.7 Å². The Hall–Kier alpha value is -1.35. The van der Waals surface area contributed by atoms with Gasteiger partial charge in [-0.1, -0.05) is 17.2 Å². The first kappa shape index (κ1) is 16.5. The summed E-state index contributed by atoms with van der Waals surface area (Å²) in [6.07, 6.45) is 10.8. The highest BCUT2D eigenvalue weighted by molar-refractivity contribution is 5.92. The molecule has 0 N–H and O–H groups in total. The predicted octanol–water partition coefficient (Wildman–Crippen LogP) is 4.63. The number of rotatable bonds is 0. The fourth-order valence-corrected chi connectivity index (χ4v) is 3.70. The van der Waals surface area contributed by atoms with Gasteiger partial charge in [-0.15, -0.1) is 0 Å². The molecule has 0 amide bonds. The van der Waals surface area contributed by atoms with Crippen LogP contribution in [0.15, 0.2) is 34.4 Å². The molecule has 3 rings (SSSR count). The smallest absolute Gasteiger partial charge is 0.334 e. The van der Waals surface area contributed by atoms with Gasteiger partial charge in [-0.2, -0.15) is 0 Å². The van der Waals surface area contributed by atoms with E-state index >= 15 is 0 Å². The second kappa shape index (κ2) is 6.27. The summed E-state index contributed by atoms with van der Waals surface area (Å²) < 4.78 is 11.5. The topological polar surface area (TPSA) is 38.8 Å². The Balaban J connectivity index is 1.80. The van der Waals surface area contributed by atoms with E-state index in [0.717, 1.165) is 49.7 Å². The molecule has 2 heterocycles. The molecule has 0 aromatic heterocycles. The molecule has 2 aliphatic heterocycles. The summed E-state index contributed by atoms with van der Waals surface area (Å²) in [6, 6.07) is 0. The number of ether oxygens (including phenoxy) is 2.